The van der Waals surface area contributed by atoms with Crippen LogP contribution in [-0.2, 0) is 13.1 Å². The van der Waals surface area contributed by atoms with Gasteiger partial charge in [0, 0.05) is 36.8 Å². The SMILES string of the molecule is Cc1cc(-c2cnn(CC3(C)CCCC3)c2F)c(-c2ccc3c(c2)C(=O)N(C)C3)nc1Cl. The zero-order valence-corrected chi connectivity index (χ0v) is 19.3. The number of hydrogen-bond acceptors (Lipinski definition) is 3. The molecule has 1 fully saturated rings. The molecule has 0 bridgehead atoms. The van der Waals surface area contributed by atoms with Gasteiger partial charge in [0.2, 0.25) is 5.95 Å². The van der Waals surface area contributed by atoms with Crippen molar-refractivity contribution in [3.05, 3.63) is 58.3 Å². The third-order valence-electron chi connectivity index (χ3n) is 6.93. The highest BCUT2D eigenvalue weighted by atomic mass is 35.5. The lowest BCUT2D eigenvalue weighted by Gasteiger charge is -2.23. The van der Waals surface area contributed by atoms with Crippen LogP contribution < -0.4 is 0 Å². The molecule has 0 N–H and O–H groups in total. The number of fused-ring (bicyclic) bond motifs is 1. The number of hydrogen-bond donors (Lipinski definition) is 0. The molecule has 2 aromatic heterocycles. The quantitative estimate of drug-likeness (QED) is 0.464. The Labute approximate surface area is 192 Å². The molecule has 1 amide bonds. The van der Waals surface area contributed by atoms with E-state index in [1.807, 2.05) is 31.2 Å². The first kappa shape index (κ1) is 21.1. The second-order valence-electron chi connectivity index (χ2n) is 9.55. The number of carbonyl (C=O) groups excluding carboxylic acids is 1. The summed E-state index contributed by atoms with van der Waals surface area (Å²) >= 11 is 6.37. The second-order valence-corrected chi connectivity index (χ2v) is 9.91. The van der Waals surface area contributed by atoms with E-state index in [1.54, 1.807) is 18.1 Å². The Kier molecular flexibility index (Phi) is 5.08. The molecule has 1 aliphatic heterocycles. The van der Waals surface area contributed by atoms with Crippen LogP contribution in [0.15, 0.2) is 30.5 Å². The molecule has 0 unspecified atom stereocenters. The Hall–Kier alpha value is -2.73. The molecule has 0 saturated heterocycles. The standard InChI is InChI=1S/C25H26ClFN4O/c1-15-10-19(20-12-28-31(23(20)27)14-25(2)8-4-5-9-25)21(29-22(15)26)16-6-7-17-13-30(3)24(32)18(17)11-16/h6-7,10-12H,4-5,8-9,13-14H2,1-3H3. The molecule has 0 radical (unpaired) electrons. The van der Waals surface area contributed by atoms with Crippen LogP contribution in [0.5, 0.6) is 0 Å². The smallest absolute Gasteiger partial charge is 0.254 e. The summed E-state index contributed by atoms with van der Waals surface area (Å²) in [5.41, 5.74) is 4.79. The summed E-state index contributed by atoms with van der Waals surface area (Å²) in [6, 6.07) is 7.55. The minimum atomic E-state index is -0.361. The van der Waals surface area contributed by atoms with E-state index in [-0.39, 0.29) is 17.3 Å². The Morgan fingerprint density at radius 1 is 1.16 bits per heavy atom. The minimum absolute atomic E-state index is 0.0228. The first-order chi connectivity index (χ1) is 15.3. The summed E-state index contributed by atoms with van der Waals surface area (Å²) in [5, 5.41) is 4.75. The van der Waals surface area contributed by atoms with Crippen LogP contribution in [0, 0.1) is 18.3 Å². The summed E-state index contributed by atoms with van der Waals surface area (Å²) in [7, 11) is 1.78. The Bertz CT molecular complexity index is 1230. The van der Waals surface area contributed by atoms with Gasteiger partial charge in [-0.2, -0.15) is 9.49 Å². The normalized spacial score (nSPS) is 17.3. The summed E-state index contributed by atoms with van der Waals surface area (Å²) in [5.74, 6) is -0.384. The number of aryl methyl sites for hydroxylation is 1. The highest BCUT2D eigenvalue weighted by Crippen LogP contribution is 2.40. The number of nitrogens with zero attached hydrogens (tertiary/aromatic N) is 4. The Balaban J connectivity index is 1.60. The number of rotatable bonds is 4. The van der Waals surface area contributed by atoms with Gasteiger partial charge in [-0.3, -0.25) is 4.79 Å². The fourth-order valence-corrected chi connectivity index (χ4v) is 5.16. The maximum atomic E-state index is 15.6. The molecule has 1 saturated carbocycles. The van der Waals surface area contributed by atoms with Crippen molar-refractivity contribution in [1.82, 2.24) is 19.7 Å². The first-order valence-electron chi connectivity index (χ1n) is 11.0. The Morgan fingerprint density at radius 2 is 1.91 bits per heavy atom. The van der Waals surface area contributed by atoms with Crippen molar-refractivity contribution in [3.63, 3.8) is 0 Å². The van der Waals surface area contributed by atoms with Crippen molar-refractivity contribution in [2.45, 2.75) is 52.6 Å². The lowest BCUT2D eigenvalue weighted by atomic mass is 9.89. The molecule has 1 aliphatic carbocycles. The van der Waals surface area contributed by atoms with Crippen LogP contribution in [0.3, 0.4) is 0 Å². The molecule has 5 nitrogen and oxygen atoms in total. The van der Waals surface area contributed by atoms with Crippen molar-refractivity contribution < 1.29 is 9.18 Å². The van der Waals surface area contributed by atoms with E-state index in [2.05, 4.69) is 17.0 Å². The summed E-state index contributed by atoms with van der Waals surface area (Å²) < 4.78 is 17.1. The average Bonchev–Trinajstić information content (AvgIpc) is 3.43. The molecule has 3 aromatic rings. The van der Waals surface area contributed by atoms with Crippen LogP contribution in [0.25, 0.3) is 22.4 Å². The number of pyridine rings is 1. The highest BCUT2D eigenvalue weighted by molar-refractivity contribution is 6.30. The largest absolute Gasteiger partial charge is 0.337 e. The molecule has 5 rings (SSSR count). The van der Waals surface area contributed by atoms with E-state index in [4.69, 9.17) is 11.6 Å². The van der Waals surface area contributed by atoms with E-state index in [9.17, 15) is 4.79 Å². The fourth-order valence-electron chi connectivity index (χ4n) is 5.02. The molecule has 32 heavy (non-hydrogen) atoms. The molecular formula is C25H26ClFN4O. The molecule has 0 spiro atoms. The van der Waals surface area contributed by atoms with E-state index in [1.165, 1.54) is 17.5 Å². The van der Waals surface area contributed by atoms with E-state index >= 15 is 4.39 Å². The van der Waals surface area contributed by atoms with Crippen molar-refractivity contribution in [1.29, 1.82) is 0 Å². The van der Waals surface area contributed by atoms with Gasteiger partial charge in [0.25, 0.3) is 5.91 Å². The Morgan fingerprint density at radius 3 is 2.66 bits per heavy atom. The van der Waals surface area contributed by atoms with Crippen molar-refractivity contribution >= 4 is 17.5 Å². The molecule has 3 heterocycles. The lowest BCUT2D eigenvalue weighted by Crippen LogP contribution is -2.21. The van der Waals surface area contributed by atoms with Gasteiger partial charge < -0.3 is 4.90 Å². The molecular weight excluding hydrogens is 427 g/mol. The van der Waals surface area contributed by atoms with Gasteiger partial charge in [-0.1, -0.05) is 43.5 Å². The van der Waals surface area contributed by atoms with E-state index in [0.29, 0.717) is 40.6 Å². The fraction of sp³-hybridized carbons (Fsp3) is 0.400. The van der Waals surface area contributed by atoms with Crippen molar-refractivity contribution in [2.75, 3.05) is 7.05 Å². The van der Waals surface area contributed by atoms with Crippen LogP contribution in [0.4, 0.5) is 4.39 Å². The zero-order chi connectivity index (χ0) is 22.6. The van der Waals surface area contributed by atoms with E-state index in [0.717, 1.165) is 29.5 Å². The second kappa shape index (κ2) is 7.69. The molecule has 7 heteroatoms. The topological polar surface area (TPSA) is 51.0 Å². The maximum Gasteiger partial charge on any atom is 0.254 e. The molecule has 166 valence electrons. The van der Waals surface area contributed by atoms with Crippen molar-refractivity contribution in [3.8, 4) is 22.4 Å². The summed E-state index contributed by atoms with van der Waals surface area (Å²) in [6.07, 6.45) is 6.12. The highest BCUT2D eigenvalue weighted by Gasteiger charge is 2.31. The number of halogens is 2. The molecule has 2 aliphatic rings. The number of aromatic nitrogens is 3. The summed E-state index contributed by atoms with van der Waals surface area (Å²) in [6.45, 7) is 5.21. The van der Waals surface area contributed by atoms with Crippen LogP contribution in [-0.4, -0.2) is 32.6 Å². The van der Waals surface area contributed by atoms with Gasteiger partial charge in [0.05, 0.1) is 17.5 Å². The lowest BCUT2D eigenvalue weighted by molar-refractivity contribution is 0.0816. The minimum Gasteiger partial charge on any atom is -0.337 e. The van der Waals surface area contributed by atoms with Gasteiger partial charge in [-0.05, 0) is 48.4 Å². The van der Waals surface area contributed by atoms with Gasteiger partial charge >= 0.3 is 0 Å². The molecule has 0 atom stereocenters. The van der Waals surface area contributed by atoms with Crippen molar-refractivity contribution in [2.24, 2.45) is 5.41 Å². The zero-order valence-electron chi connectivity index (χ0n) is 18.6. The number of carbonyl (C=O) groups is 1. The predicted molar refractivity (Wildman–Crippen MR) is 123 cm³/mol. The predicted octanol–water partition coefficient (Wildman–Crippen LogP) is 5.88. The van der Waals surface area contributed by atoms with Gasteiger partial charge in [0.1, 0.15) is 5.15 Å². The van der Waals surface area contributed by atoms with Crippen LogP contribution in [0.2, 0.25) is 5.15 Å². The van der Waals surface area contributed by atoms with Gasteiger partial charge in [-0.25, -0.2) is 9.67 Å². The van der Waals surface area contributed by atoms with Crippen LogP contribution in [0.1, 0.15) is 54.1 Å². The van der Waals surface area contributed by atoms with E-state index < -0.39 is 0 Å². The maximum absolute atomic E-state index is 15.6. The molecule has 1 aromatic carbocycles. The third kappa shape index (κ3) is 3.51. The van der Waals surface area contributed by atoms with Crippen LogP contribution >= 0.6 is 11.6 Å². The summed E-state index contributed by atoms with van der Waals surface area (Å²) in [4.78, 5) is 18.8. The first-order valence-corrected chi connectivity index (χ1v) is 11.4. The number of benzene rings is 1. The van der Waals surface area contributed by atoms with Gasteiger partial charge in [-0.15, -0.1) is 0 Å². The number of amides is 1. The monoisotopic (exact) mass is 452 g/mol. The third-order valence-corrected chi connectivity index (χ3v) is 7.31. The average molecular weight is 453 g/mol. The van der Waals surface area contributed by atoms with Gasteiger partial charge in [0.15, 0.2) is 0 Å².